The molecule has 0 atom stereocenters. The van der Waals surface area contributed by atoms with Crippen LogP contribution in [-0.4, -0.2) is 25.0 Å². The van der Waals surface area contributed by atoms with E-state index in [1.54, 1.807) is 30.5 Å². The van der Waals surface area contributed by atoms with E-state index in [1.165, 1.54) is 17.4 Å². The van der Waals surface area contributed by atoms with Gasteiger partial charge in [0.25, 0.3) is 0 Å². The zero-order valence-corrected chi connectivity index (χ0v) is 12.9. The molecular weight excluding hydrogens is 312 g/mol. The first-order valence-electron chi connectivity index (χ1n) is 6.26. The Balaban J connectivity index is 2.21. The summed E-state index contributed by atoms with van der Waals surface area (Å²) in [5, 5.41) is 3.99. The molecule has 0 aliphatic rings. The molecule has 0 fully saturated rings. The van der Waals surface area contributed by atoms with Gasteiger partial charge in [-0.1, -0.05) is 11.6 Å². The maximum absolute atomic E-state index is 12.4. The van der Waals surface area contributed by atoms with Crippen molar-refractivity contribution in [2.45, 2.75) is 6.92 Å². The SMILES string of the molecule is CCOC(=O)COc1ccc(Cl)cc1C(=O)c1ccsc1. The molecule has 0 aliphatic carbocycles. The van der Waals surface area contributed by atoms with Gasteiger partial charge in [-0.25, -0.2) is 4.79 Å². The maximum atomic E-state index is 12.4. The predicted octanol–water partition coefficient (Wildman–Crippen LogP) is 3.57. The number of carbonyl (C=O) groups is 2. The molecule has 0 radical (unpaired) electrons. The van der Waals surface area contributed by atoms with E-state index in [4.69, 9.17) is 21.1 Å². The number of esters is 1. The van der Waals surface area contributed by atoms with Gasteiger partial charge in [0.15, 0.2) is 12.4 Å². The molecule has 0 bridgehead atoms. The molecule has 0 saturated heterocycles. The molecule has 110 valence electrons. The van der Waals surface area contributed by atoms with Crippen molar-refractivity contribution in [1.29, 1.82) is 0 Å². The van der Waals surface area contributed by atoms with Crippen LogP contribution < -0.4 is 4.74 Å². The normalized spacial score (nSPS) is 10.2. The van der Waals surface area contributed by atoms with Crippen LogP contribution in [0.3, 0.4) is 0 Å². The standard InChI is InChI=1S/C15H13ClO4S/c1-2-19-14(17)8-20-13-4-3-11(16)7-12(13)15(18)10-5-6-21-9-10/h3-7,9H,2,8H2,1H3. The summed E-state index contributed by atoms with van der Waals surface area (Å²) in [5.74, 6) is -0.373. The Morgan fingerprint density at radius 3 is 2.76 bits per heavy atom. The average Bonchev–Trinajstić information content (AvgIpc) is 2.99. The predicted molar refractivity (Wildman–Crippen MR) is 81.3 cm³/mol. The highest BCUT2D eigenvalue weighted by Gasteiger charge is 2.17. The zero-order chi connectivity index (χ0) is 15.2. The summed E-state index contributed by atoms with van der Waals surface area (Å²) in [7, 11) is 0. The van der Waals surface area contributed by atoms with Crippen molar-refractivity contribution >= 4 is 34.7 Å². The summed E-state index contributed by atoms with van der Waals surface area (Å²) in [6.07, 6.45) is 0. The lowest BCUT2D eigenvalue weighted by Gasteiger charge is -2.10. The lowest BCUT2D eigenvalue weighted by Crippen LogP contribution is -2.16. The van der Waals surface area contributed by atoms with Crippen molar-refractivity contribution in [3.63, 3.8) is 0 Å². The second kappa shape index (κ2) is 7.24. The Labute approximate surface area is 131 Å². The van der Waals surface area contributed by atoms with Gasteiger partial charge < -0.3 is 9.47 Å². The van der Waals surface area contributed by atoms with Gasteiger partial charge in [-0.2, -0.15) is 11.3 Å². The number of thiophene rings is 1. The van der Waals surface area contributed by atoms with Gasteiger partial charge >= 0.3 is 5.97 Å². The number of benzene rings is 1. The van der Waals surface area contributed by atoms with Crippen molar-refractivity contribution in [2.24, 2.45) is 0 Å². The third-order valence-electron chi connectivity index (χ3n) is 2.62. The molecule has 0 aliphatic heterocycles. The zero-order valence-electron chi connectivity index (χ0n) is 11.3. The minimum Gasteiger partial charge on any atom is -0.481 e. The van der Waals surface area contributed by atoms with Crippen LogP contribution in [0, 0.1) is 0 Å². The molecule has 2 aromatic rings. The summed E-state index contributed by atoms with van der Waals surface area (Å²) in [6, 6.07) is 6.43. The fraction of sp³-hybridized carbons (Fsp3) is 0.200. The summed E-state index contributed by atoms with van der Waals surface area (Å²) >= 11 is 7.37. The van der Waals surface area contributed by atoms with E-state index in [2.05, 4.69) is 0 Å². The number of carbonyl (C=O) groups excluding carboxylic acids is 2. The number of hydrogen-bond donors (Lipinski definition) is 0. The number of hydrogen-bond acceptors (Lipinski definition) is 5. The average molecular weight is 325 g/mol. The quantitative estimate of drug-likeness (QED) is 0.602. The molecule has 21 heavy (non-hydrogen) atoms. The number of ether oxygens (including phenoxy) is 2. The molecule has 6 heteroatoms. The third kappa shape index (κ3) is 4.06. The smallest absolute Gasteiger partial charge is 0.344 e. The Morgan fingerprint density at radius 2 is 2.10 bits per heavy atom. The van der Waals surface area contributed by atoms with Crippen LogP contribution in [0.25, 0.3) is 0 Å². The molecule has 0 saturated carbocycles. The van der Waals surface area contributed by atoms with Crippen LogP contribution in [0.4, 0.5) is 0 Å². The van der Waals surface area contributed by atoms with Crippen LogP contribution >= 0.6 is 22.9 Å². The Kier molecular flexibility index (Phi) is 5.36. The van der Waals surface area contributed by atoms with Gasteiger partial charge in [0.05, 0.1) is 12.2 Å². The van der Waals surface area contributed by atoms with Crippen LogP contribution in [0.1, 0.15) is 22.8 Å². The molecule has 1 aromatic heterocycles. The number of rotatable bonds is 6. The summed E-state index contributed by atoms with van der Waals surface area (Å²) < 4.78 is 10.2. The minimum absolute atomic E-state index is 0.197. The Hall–Kier alpha value is -1.85. The second-order valence-electron chi connectivity index (χ2n) is 4.08. The molecule has 0 N–H and O–H groups in total. The van der Waals surface area contributed by atoms with E-state index in [9.17, 15) is 9.59 Å². The monoisotopic (exact) mass is 324 g/mol. The van der Waals surface area contributed by atoms with Crippen molar-refractivity contribution in [2.75, 3.05) is 13.2 Å². The van der Waals surface area contributed by atoms with Gasteiger partial charge in [0, 0.05) is 16.0 Å². The third-order valence-corrected chi connectivity index (χ3v) is 3.54. The molecule has 0 amide bonds. The van der Waals surface area contributed by atoms with Gasteiger partial charge in [-0.3, -0.25) is 4.79 Å². The number of ketones is 1. The highest BCUT2D eigenvalue weighted by molar-refractivity contribution is 7.08. The summed E-state index contributed by atoms with van der Waals surface area (Å²) in [6.45, 7) is 1.74. The highest BCUT2D eigenvalue weighted by atomic mass is 35.5. The molecule has 0 unspecified atom stereocenters. The van der Waals surface area contributed by atoms with Crippen molar-refractivity contribution in [3.05, 3.63) is 51.2 Å². The van der Waals surface area contributed by atoms with E-state index >= 15 is 0 Å². The molecular formula is C15H13ClO4S. The topological polar surface area (TPSA) is 52.6 Å². The van der Waals surface area contributed by atoms with Crippen LogP contribution in [-0.2, 0) is 9.53 Å². The van der Waals surface area contributed by atoms with Crippen molar-refractivity contribution in [1.82, 2.24) is 0 Å². The summed E-state index contributed by atoms with van der Waals surface area (Å²) in [5.41, 5.74) is 0.883. The molecule has 2 rings (SSSR count). The highest BCUT2D eigenvalue weighted by Crippen LogP contribution is 2.26. The van der Waals surface area contributed by atoms with Gasteiger partial charge in [0.2, 0.25) is 0 Å². The van der Waals surface area contributed by atoms with Gasteiger partial charge in [-0.15, -0.1) is 0 Å². The first kappa shape index (κ1) is 15.5. The molecule has 1 heterocycles. The molecule has 1 aromatic carbocycles. The van der Waals surface area contributed by atoms with E-state index in [-0.39, 0.29) is 19.0 Å². The first-order valence-corrected chi connectivity index (χ1v) is 7.58. The molecule has 4 nitrogen and oxygen atoms in total. The first-order chi connectivity index (χ1) is 10.1. The van der Waals surface area contributed by atoms with Crippen LogP contribution in [0.15, 0.2) is 35.0 Å². The largest absolute Gasteiger partial charge is 0.481 e. The van der Waals surface area contributed by atoms with Crippen LogP contribution in [0.2, 0.25) is 5.02 Å². The van der Waals surface area contributed by atoms with Gasteiger partial charge in [0.1, 0.15) is 5.75 Å². The van der Waals surface area contributed by atoms with E-state index in [0.29, 0.717) is 21.9 Å². The fourth-order valence-corrected chi connectivity index (χ4v) is 2.50. The van der Waals surface area contributed by atoms with E-state index in [0.717, 1.165) is 0 Å². The number of halogens is 1. The van der Waals surface area contributed by atoms with Crippen molar-refractivity contribution in [3.8, 4) is 5.75 Å². The van der Waals surface area contributed by atoms with Gasteiger partial charge in [-0.05, 0) is 36.6 Å². The van der Waals surface area contributed by atoms with E-state index in [1.807, 2.05) is 5.38 Å². The molecule has 0 spiro atoms. The summed E-state index contributed by atoms with van der Waals surface area (Å²) in [4.78, 5) is 23.7. The lowest BCUT2D eigenvalue weighted by atomic mass is 10.1. The second-order valence-corrected chi connectivity index (χ2v) is 5.29. The Morgan fingerprint density at radius 1 is 1.29 bits per heavy atom. The Bertz CT molecular complexity index is 637. The minimum atomic E-state index is -0.485. The van der Waals surface area contributed by atoms with E-state index < -0.39 is 5.97 Å². The van der Waals surface area contributed by atoms with Crippen molar-refractivity contribution < 1.29 is 19.1 Å². The lowest BCUT2D eigenvalue weighted by molar-refractivity contribution is -0.145. The fourth-order valence-electron chi connectivity index (χ4n) is 1.69. The van der Waals surface area contributed by atoms with Crippen LogP contribution in [0.5, 0.6) is 5.75 Å². The maximum Gasteiger partial charge on any atom is 0.344 e.